The quantitative estimate of drug-likeness (QED) is 0.152. The molecule has 0 radical (unpaired) electrons. The topological polar surface area (TPSA) is 118 Å². The van der Waals surface area contributed by atoms with Crippen molar-refractivity contribution in [2.24, 2.45) is 52.3 Å². The molecule has 0 bridgehead atoms. The third-order valence-corrected chi connectivity index (χ3v) is 14.5. The Morgan fingerprint density at radius 1 is 0.915 bits per heavy atom. The van der Waals surface area contributed by atoms with Crippen molar-refractivity contribution in [2.75, 3.05) is 0 Å². The number of carbonyl (C=O) groups is 5. The van der Waals surface area contributed by atoms with Crippen LogP contribution in [0.3, 0.4) is 0 Å². The number of Topliss-reactive ketones (excluding diaryl/α,β-unsaturated/α-hetero) is 3. The van der Waals surface area contributed by atoms with Crippen LogP contribution >= 0.6 is 11.3 Å². The zero-order valence-corrected chi connectivity index (χ0v) is 30.1. The first-order valence-electron chi connectivity index (χ1n) is 18.4. The van der Waals surface area contributed by atoms with Crippen LogP contribution in [0.5, 0.6) is 0 Å². The highest BCUT2D eigenvalue weighted by atomic mass is 32.1. The Balaban J connectivity index is 1.17. The molecule has 1 amide bonds. The highest BCUT2D eigenvalue weighted by Gasteiger charge is 2.63. The van der Waals surface area contributed by atoms with E-state index in [1.165, 1.54) is 11.3 Å². The Hall–Kier alpha value is -2.35. The Morgan fingerprint density at radius 2 is 1.62 bits per heavy atom. The van der Waals surface area contributed by atoms with Crippen LogP contribution in [-0.2, 0) is 19.2 Å². The van der Waals surface area contributed by atoms with E-state index in [0.29, 0.717) is 67.8 Å². The summed E-state index contributed by atoms with van der Waals surface area (Å²) in [6.45, 7) is 11.2. The molecule has 0 spiro atoms. The van der Waals surface area contributed by atoms with Gasteiger partial charge in [0.1, 0.15) is 11.6 Å². The van der Waals surface area contributed by atoms with E-state index in [-0.39, 0.29) is 58.7 Å². The molecule has 260 valence electrons. The predicted octanol–water partition coefficient (Wildman–Crippen LogP) is 8.60. The van der Waals surface area contributed by atoms with Crippen LogP contribution in [0.4, 0.5) is 0 Å². The smallest absolute Gasteiger partial charge is 0.303 e. The minimum absolute atomic E-state index is 0.0514. The van der Waals surface area contributed by atoms with Crippen molar-refractivity contribution in [3.05, 3.63) is 21.9 Å². The van der Waals surface area contributed by atoms with Crippen LogP contribution in [0.2, 0.25) is 0 Å². The zero-order valence-electron chi connectivity index (χ0n) is 29.3. The summed E-state index contributed by atoms with van der Waals surface area (Å²) in [5, 5.41) is 12.1. The molecule has 2 N–H and O–H groups in total. The predicted molar refractivity (Wildman–Crippen MR) is 184 cm³/mol. The molecule has 9 atom stereocenters. The number of fused-ring (bicyclic) bond motifs is 5. The number of carboxylic acid groups (broad SMARTS) is 1. The van der Waals surface area contributed by atoms with Gasteiger partial charge in [-0.1, -0.05) is 47.5 Å². The number of hydrogen-bond acceptors (Lipinski definition) is 6. The van der Waals surface area contributed by atoms with Gasteiger partial charge in [-0.05, 0) is 103 Å². The number of unbranched alkanes of at least 4 members (excludes halogenated alkanes) is 3. The van der Waals surface area contributed by atoms with Crippen LogP contribution in [0.15, 0.2) is 12.1 Å². The first kappa shape index (κ1) is 35.9. The molecule has 0 aromatic carbocycles. The minimum atomic E-state index is -0.776. The van der Waals surface area contributed by atoms with Gasteiger partial charge in [-0.15, -0.1) is 11.3 Å². The standard InChI is InChI=1S/C39H57NO6S/c1-23(2)37(33-15-14-32(47-33)30(42)10-8-6-7-9-11-35(45)46)40-34(44)20-24(3)27-12-13-28-36-29(17-19-39(27,28)5)38(4)18-16-26(41)21-25(38)22-31(36)43/h14-15,23-25,27-29,36-37H,6-13,16-22H2,1-5H3,(H,40,44)(H,45,46)/t24-,25+,27?,28+,29+,36+,37?,38+,39-/m1/s1. The van der Waals surface area contributed by atoms with Crippen LogP contribution < -0.4 is 5.32 Å². The van der Waals surface area contributed by atoms with Crippen LogP contribution in [0, 0.1) is 52.3 Å². The Bertz CT molecular complexity index is 1350. The number of amides is 1. The number of carboxylic acids is 1. The van der Waals surface area contributed by atoms with Gasteiger partial charge in [0, 0.05) is 49.3 Å². The van der Waals surface area contributed by atoms with Crippen LogP contribution in [0.1, 0.15) is 152 Å². The first-order valence-corrected chi connectivity index (χ1v) is 19.2. The summed E-state index contributed by atoms with van der Waals surface area (Å²) in [6, 6.07) is 3.71. The molecule has 2 unspecified atom stereocenters. The summed E-state index contributed by atoms with van der Waals surface area (Å²) in [5.74, 6) is 1.98. The van der Waals surface area contributed by atoms with Crippen LogP contribution in [0.25, 0.3) is 0 Å². The molecule has 1 heterocycles. The van der Waals surface area contributed by atoms with Gasteiger partial charge >= 0.3 is 5.97 Å². The number of thiophene rings is 1. The fourth-order valence-corrected chi connectivity index (χ4v) is 11.8. The largest absolute Gasteiger partial charge is 0.481 e. The van der Waals surface area contributed by atoms with Gasteiger partial charge in [0.25, 0.3) is 0 Å². The van der Waals surface area contributed by atoms with Crippen molar-refractivity contribution in [2.45, 2.75) is 137 Å². The van der Waals surface area contributed by atoms with Crippen molar-refractivity contribution in [1.29, 1.82) is 0 Å². The second-order valence-electron chi connectivity index (χ2n) is 16.5. The summed E-state index contributed by atoms with van der Waals surface area (Å²) in [7, 11) is 0. The van der Waals surface area contributed by atoms with E-state index in [1.54, 1.807) is 0 Å². The SMILES string of the molecule is CC(C)C(NC(=O)C[C@@H](C)C1CC[C@H]2[C@@H]3C(=O)C[C@@H]4CC(=O)CC[C@]4(C)[C@H]3CC[C@]12C)c1ccc(C(=O)CCCCCCC(=O)O)s1. The van der Waals surface area contributed by atoms with Gasteiger partial charge in [0.2, 0.25) is 5.91 Å². The summed E-state index contributed by atoms with van der Waals surface area (Å²) in [5.41, 5.74) is 0.153. The molecule has 1 aromatic heterocycles. The third kappa shape index (κ3) is 7.47. The summed E-state index contributed by atoms with van der Waals surface area (Å²) in [6.07, 6.45) is 11.2. The molecule has 8 heteroatoms. The Kier molecular flexibility index (Phi) is 11.2. The second kappa shape index (κ2) is 14.6. The maximum atomic E-state index is 13.7. The number of hydrogen-bond donors (Lipinski definition) is 2. The number of rotatable bonds is 14. The first-order chi connectivity index (χ1) is 22.2. The maximum Gasteiger partial charge on any atom is 0.303 e. The highest BCUT2D eigenvalue weighted by molar-refractivity contribution is 7.14. The van der Waals surface area contributed by atoms with Gasteiger partial charge in [-0.2, -0.15) is 0 Å². The molecule has 4 saturated carbocycles. The van der Waals surface area contributed by atoms with E-state index in [2.05, 4.69) is 39.9 Å². The summed E-state index contributed by atoms with van der Waals surface area (Å²) in [4.78, 5) is 64.9. The Morgan fingerprint density at radius 3 is 2.32 bits per heavy atom. The fourth-order valence-electron chi connectivity index (χ4n) is 10.6. The summed E-state index contributed by atoms with van der Waals surface area (Å²) >= 11 is 1.48. The zero-order chi connectivity index (χ0) is 34.1. The fraction of sp³-hybridized carbons (Fsp3) is 0.769. The molecule has 7 nitrogen and oxygen atoms in total. The van der Waals surface area contributed by atoms with E-state index >= 15 is 0 Å². The molecule has 0 saturated heterocycles. The molecule has 1 aromatic rings. The maximum absolute atomic E-state index is 13.7. The average molecular weight is 668 g/mol. The van der Waals surface area contributed by atoms with Gasteiger partial charge in [-0.25, -0.2) is 0 Å². The van der Waals surface area contributed by atoms with E-state index in [9.17, 15) is 24.0 Å². The van der Waals surface area contributed by atoms with Crippen molar-refractivity contribution >= 4 is 40.6 Å². The van der Waals surface area contributed by atoms with Gasteiger partial charge in [0.05, 0.1) is 10.9 Å². The van der Waals surface area contributed by atoms with E-state index in [1.807, 2.05) is 12.1 Å². The van der Waals surface area contributed by atoms with Gasteiger partial charge < -0.3 is 10.4 Å². The van der Waals surface area contributed by atoms with Crippen molar-refractivity contribution < 1.29 is 29.1 Å². The van der Waals surface area contributed by atoms with Gasteiger partial charge in [-0.3, -0.25) is 24.0 Å². The monoisotopic (exact) mass is 667 g/mol. The van der Waals surface area contributed by atoms with Crippen molar-refractivity contribution in [3.63, 3.8) is 0 Å². The Labute approximate surface area is 285 Å². The number of aliphatic carboxylic acids is 1. The highest BCUT2D eigenvalue weighted by Crippen LogP contribution is 2.67. The number of nitrogens with one attached hydrogen (secondary N) is 1. The van der Waals surface area contributed by atoms with Crippen molar-refractivity contribution in [1.82, 2.24) is 5.32 Å². The molecule has 0 aliphatic heterocycles. The van der Waals surface area contributed by atoms with Gasteiger partial charge in [0.15, 0.2) is 5.78 Å². The molecule has 4 aliphatic carbocycles. The van der Waals surface area contributed by atoms with Crippen molar-refractivity contribution in [3.8, 4) is 0 Å². The third-order valence-electron chi connectivity index (χ3n) is 13.3. The normalized spacial score (nSPS) is 33.1. The summed E-state index contributed by atoms with van der Waals surface area (Å²) < 4.78 is 0. The minimum Gasteiger partial charge on any atom is -0.481 e. The lowest BCUT2D eigenvalue weighted by Crippen LogP contribution is -2.57. The van der Waals surface area contributed by atoms with E-state index < -0.39 is 5.97 Å². The number of ketones is 3. The molecule has 47 heavy (non-hydrogen) atoms. The van der Waals surface area contributed by atoms with Crippen LogP contribution in [-0.4, -0.2) is 34.3 Å². The molecule has 4 aliphatic rings. The van der Waals surface area contributed by atoms with E-state index in [4.69, 9.17) is 5.11 Å². The average Bonchev–Trinajstić information content (AvgIpc) is 3.63. The lowest BCUT2D eigenvalue weighted by molar-refractivity contribution is -0.159. The van der Waals surface area contributed by atoms with E-state index in [0.717, 1.165) is 61.1 Å². The lowest BCUT2D eigenvalue weighted by atomic mass is 9.44. The molecular formula is C39H57NO6S. The molecular weight excluding hydrogens is 610 g/mol. The lowest BCUT2D eigenvalue weighted by Gasteiger charge is -2.59. The molecule has 5 rings (SSSR count). The number of carbonyl (C=O) groups excluding carboxylic acids is 4. The second-order valence-corrected chi connectivity index (χ2v) is 17.6. The molecule has 4 fully saturated rings.